The van der Waals surface area contributed by atoms with Gasteiger partial charge in [-0.3, -0.25) is 4.57 Å². The molecule has 1 aliphatic heterocycles. The molecule has 3 aromatic rings. The van der Waals surface area contributed by atoms with Crippen molar-refractivity contribution < 1.29 is 4.58 Å². The van der Waals surface area contributed by atoms with E-state index in [-0.39, 0.29) is 0 Å². The van der Waals surface area contributed by atoms with Crippen LogP contribution in [0.15, 0.2) is 54.6 Å². The zero-order chi connectivity index (χ0) is 12.8. The van der Waals surface area contributed by atoms with Crippen molar-refractivity contribution >= 4 is 22.7 Å². The summed E-state index contributed by atoms with van der Waals surface area (Å²) >= 11 is 0. The van der Waals surface area contributed by atoms with Gasteiger partial charge in [0, 0.05) is 11.8 Å². The molecule has 0 bridgehead atoms. The van der Waals surface area contributed by atoms with Crippen molar-refractivity contribution in [3.05, 3.63) is 66.0 Å². The van der Waals surface area contributed by atoms with Gasteiger partial charge in [0.25, 0.3) is 0 Å². The Morgan fingerprint density at radius 3 is 2.68 bits per heavy atom. The minimum Gasteiger partial charge on any atom is -0.284 e. The lowest BCUT2D eigenvalue weighted by molar-refractivity contribution is -0.462. The molecule has 0 N–H and O–H groups in total. The van der Waals surface area contributed by atoms with Crippen molar-refractivity contribution in [2.24, 2.45) is 0 Å². The van der Waals surface area contributed by atoms with E-state index in [4.69, 9.17) is 0 Å². The predicted molar refractivity (Wildman–Crippen MR) is 78.2 cm³/mol. The first-order chi connectivity index (χ1) is 9.33. The highest BCUT2D eigenvalue weighted by Gasteiger charge is 2.22. The summed E-state index contributed by atoms with van der Waals surface area (Å²) in [6.45, 7) is 3.06. The highest BCUT2D eigenvalue weighted by molar-refractivity contribution is 5.91. The van der Waals surface area contributed by atoms with Crippen LogP contribution in [0.4, 0.5) is 5.69 Å². The number of hydrogen-bond acceptors (Lipinski definition) is 0. The van der Waals surface area contributed by atoms with Gasteiger partial charge in [-0.1, -0.05) is 30.3 Å². The van der Waals surface area contributed by atoms with Gasteiger partial charge in [-0.05, 0) is 30.5 Å². The Morgan fingerprint density at radius 1 is 0.947 bits per heavy atom. The second kappa shape index (κ2) is 3.82. The highest BCUT2D eigenvalue weighted by Crippen LogP contribution is 2.28. The number of aromatic nitrogens is 1. The normalized spacial score (nSPS) is 13.6. The number of hydrogen-bond donors (Lipinski definition) is 0. The first kappa shape index (κ1) is 10.6. The van der Waals surface area contributed by atoms with E-state index < -0.39 is 0 Å². The Kier molecular flexibility index (Phi) is 2.12. The average Bonchev–Trinajstić information content (AvgIpc) is 3.01. The van der Waals surface area contributed by atoms with Crippen molar-refractivity contribution in [3.8, 4) is 0 Å². The van der Waals surface area contributed by atoms with Crippen molar-refractivity contribution in [2.75, 3.05) is 0 Å². The smallest absolute Gasteiger partial charge is 0.228 e. The van der Waals surface area contributed by atoms with Gasteiger partial charge in [-0.15, -0.1) is 0 Å². The molecular weight excluding hydrogens is 232 g/mol. The van der Waals surface area contributed by atoms with Crippen LogP contribution >= 0.6 is 0 Å². The summed E-state index contributed by atoms with van der Waals surface area (Å²) in [7, 11) is 0. The topological polar surface area (TPSA) is 7.94 Å². The first-order valence-electron chi connectivity index (χ1n) is 6.58. The highest BCUT2D eigenvalue weighted by atomic mass is 15.2. The molecule has 0 atom stereocenters. The summed E-state index contributed by atoms with van der Waals surface area (Å²) in [4.78, 5) is 0. The SMILES string of the molecule is Cc1ccc2n1C[N+](c1cccc3ccccc13)=C2. The fourth-order valence-electron chi connectivity index (χ4n) is 2.85. The lowest BCUT2D eigenvalue weighted by atomic mass is 10.1. The number of fused-ring (bicyclic) bond motifs is 2. The van der Waals surface area contributed by atoms with Crippen LogP contribution in [-0.4, -0.2) is 15.4 Å². The van der Waals surface area contributed by atoms with E-state index in [1.54, 1.807) is 0 Å². The Hall–Kier alpha value is -2.35. The maximum atomic E-state index is 2.34. The second-order valence-electron chi connectivity index (χ2n) is 5.07. The van der Waals surface area contributed by atoms with E-state index >= 15 is 0 Å². The summed E-state index contributed by atoms with van der Waals surface area (Å²) in [5, 5.41) is 2.60. The molecule has 0 saturated carbocycles. The molecule has 2 aromatic carbocycles. The predicted octanol–water partition coefficient (Wildman–Crippen LogP) is 3.68. The van der Waals surface area contributed by atoms with Crippen molar-refractivity contribution in [2.45, 2.75) is 13.6 Å². The Morgan fingerprint density at radius 2 is 1.79 bits per heavy atom. The molecular formula is C17H15N2+. The first-order valence-corrected chi connectivity index (χ1v) is 6.58. The van der Waals surface area contributed by atoms with E-state index in [0.717, 1.165) is 6.67 Å². The summed E-state index contributed by atoms with van der Waals surface area (Å²) in [6, 6.07) is 19.4. The lowest BCUT2D eigenvalue weighted by Crippen LogP contribution is -2.06. The number of aryl methyl sites for hydroxylation is 1. The summed E-state index contributed by atoms with van der Waals surface area (Å²) in [5.41, 5.74) is 3.88. The van der Waals surface area contributed by atoms with Crippen molar-refractivity contribution in [1.82, 2.24) is 4.57 Å². The Balaban J connectivity index is 1.89. The third-order valence-electron chi connectivity index (χ3n) is 3.89. The van der Waals surface area contributed by atoms with E-state index in [1.165, 1.54) is 27.8 Å². The molecule has 0 spiro atoms. The average molecular weight is 247 g/mol. The van der Waals surface area contributed by atoms with Gasteiger partial charge in [0.1, 0.15) is 5.69 Å². The maximum Gasteiger partial charge on any atom is 0.228 e. The number of nitrogens with zero attached hydrogens (tertiary/aromatic N) is 2. The largest absolute Gasteiger partial charge is 0.284 e. The molecule has 0 fully saturated rings. The standard InChI is InChI=1S/C17H15N2/c1-13-9-10-15-11-18(12-19(13)15)17-8-4-6-14-5-2-3-7-16(14)17/h2-11H,12H2,1H3/q+1. The molecule has 2 heterocycles. The van der Waals surface area contributed by atoms with Gasteiger partial charge in [0.2, 0.25) is 12.4 Å². The van der Waals surface area contributed by atoms with Crippen LogP contribution in [0.5, 0.6) is 0 Å². The summed E-state index contributed by atoms with van der Waals surface area (Å²) in [5.74, 6) is 0. The molecule has 1 aromatic heterocycles. The molecule has 1 aliphatic rings. The Bertz CT molecular complexity index is 804. The van der Waals surface area contributed by atoms with E-state index in [2.05, 4.69) is 76.9 Å². The van der Waals surface area contributed by atoms with Gasteiger partial charge >= 0.3 is 0 Å². The maximum absolute atomic E-state index is 2.34. The van der Waals surface area contributed by atoms with Crippen LogP contribution in [0.2, 0.25) is 0 Å². The van der Waals surface area contributed by atoms with Crippen molar-refractivity contribution in [1.29, 1.82) is 0 Å². The van der Waals surface area contributed by atoms with Gasteiger partial charge in [0.15, 0.2) is 6.21 Å². The third kappa shape index (κ3) is 1.53. The van der Waals surface area contributed by atoms with Gasteiger partial charge in [-0.25, -0.2) is 0 Å². The second-order valence-corrected chi connectivity index (χ2v) is 5.07. The fourth-order valence-corrected chi connectivity index (χ4v) is 2.85. The molecule has 19 heavy (non-hydrogen) atoms. The van der Waals surface area contributed by atoms with Crippen LogP contribution in [-0.2, 0) is 6.67 Å². The van der Waals surface area contributed by atoms with Gasteiger partial charge < -0.3 is 0 Å². The minimum absolute atomic E-state index is 0.905. The van der Waals surface area contributed by atoms with Crippen molar-refractivity contribution in [3.63, 3.8) is 0 Å². The summed E-state index contributed by atoms with van der Waals surface area (Å²) < 4.78 is 4.66. The number of benzene rings is 2. The lowest BCUT2D eigenvalue weighted by Gasteiger charge is -2.04. The minimum atomic E-state index is 0.905. The van der Waals surface area contributed by atoms with Crippen LogP contribution in [0, 0.1) is 6.92 Å². The van der Waals surface area contributed by atoms with Gasteiger partial charge in [0.05, 0.1) is 5.39 Å². The molecule has 0 aliphatic carbocycles. The molecule has 2 nitrogen and oxygen atoms in total. The molecule has 4 rings (SSSR count). The van der Waals surface area contributed by atoms with Crippen LogP contribution in [0.3, 0.4) is 0 Å². The molecule has 2 heteroatoms. The fraction of sp³-hybridized carbons (Fsp3) is 0.118. The molecule has 0 unspecified atom stereocenters. The molecule has 92 valence electrons. The monoisotopic (exact) mass is 247 g/mol. The zero-order valence-corrected chi connectivity index (χ0v) is 10.9. The molecule has 0 amide bonds. The van der Waals surface area contributed by atoms with E-state index in [9.17, 15) is 0 Å². The third-order valence-corrected chi connectivity index (χ3v) is 3.89. The Labute approximate surface area is 112 Å². The van der Waals surface area contributed by atoms with Crippen LogP contribution < -0.4 is 0 Å². The zero-order valence-electron chi connectivity index (χ0n) is 10.9. The number of rotatable bonds is 1. The van der Waals surface area contributed by atoms with E-state index in [1.807, 2.05) is 0 Å². The van der Waals surface area contributed by atoms with Gasteiger partial charge in [-0.2, -0.15) is 4.58 Å². The molecule has 0 saturated heterocycles. The van der Waals surface area contributed by atoms with Crippen LogP contribution in [0.1, 0.15) is 11.4 Å². The summed E-state index contributed by atoms with van der Waals surface area (Å²) in [6.07, 6.45) is 2.23. The molecule has 0 radical (unpaired) electrons. The van der Waals surface area contributed by atoms with E-state index in [0.29, 0.717) is 0 Å². The quantitative estimate of drug-likeness (QED) is 0.580. The van der Waals surface area contributed by atoms with Crippen LogP contribution in [0.25, 0.3) is 10.8 Å².